The number of nitrogens with zero attached hydrogens (tertiary/aromatic N) is 2. The second-order valence-corrected chi connectivity index (χ2v) is 9.00. The number of para-hydroxylation sites is 1. The van der Waals surface area contributed by atoms with E-state index >= 15 is 0 Å². The molecule has 0 saturated carbocycles. The smallest absolute Gasteiger partial charge is 0.262 e. The minimum Gasteiger partial charge on any atom is -0.482 e. The van der Waals surface area contributed by atoms with E-state index in [1.165, 1.54) is 11.8 Å². The van der Waals surface area contributed by atoms with Crippen molar-refractivity contribution in [2.45, 2.75) is 11.7 Å². The number of carbonyl (C=O) groups is 2. The summed E-state index contributed by atoms with van der Waals surface area (Å²) in [7, 11) is 0. The number of Topliss-reactive ketones (excluding diaryl/α,β-unsaturated/α-hetero) is 1. The van der Waals surface area contributed by atoms with Crippen molar-refractivity contribution >= 4 is 51.6 Å². The van der Waals surface area contributed by atoms with Gasteiger partial charge in [-0.05, 0) is 42.0 Å². The fourth-order valence-electron chi connectivity index (χ4n) is 3.66. The van der Waals surface area contributed by atoms with Crippen LogP contribution in [0.1, 0.15) is 15.9 Å². The second kappa shape index (κ2) is 9.32. The highest BCUT2D eigenvalue weighted by molar-refractivity contribution is 7.99. The van der Waals surface area contributed by atoms with Crippen molar-refractivity contribution in [3.05, 3.63) is 93.2 Å². The molecule has 0 bridgehead atoms. The lowest BCUT2D eigenvalue weighted by Crippen LogP contribution is -2.25. The van der Waals surface area contributed by atoms with Crippen LogP contribution < -0.4 is 15.6 Å². The minimum absolute atomic E-state index is 0.0489. The third-order valence-electron chi connectivity index (χ3n) is 5.38. The molecule has 5 rings (SSSR count). The Balaban J connectivity index is 1.45. The number of halogens is 1. The summed E-state index contributed by atoms with van der Waals surface area (Å²) in [5.74, 6) is 0.143. The summed E-state index contributed by atoms with van der Waals surface area (Å²) >= 11 is 7.52. The summed E-state index contributed by atoms with van der Waals surface area (Å²) < 4.78 is 6.89. The van der Waals surface area contributed by atoms with E-state index in [0.717, 1.165) is 5.56 Å². The zero-order valence-corrected chi connectivity index (χ0v) is 19.4. The van der Waals surface area contributed by atoms with Crippen LogP contribution in [0.25, 0.3) is 10.9 Å². The minimum atomic E-state index is -0.268. The maximum Gasteiger partial charge on any atom is 0.262 e. The highest BCUT2D eigenvalue weighted by Crippen LogP contribution is 2.29. The van der Waals surface area contributed by atoms with Gasteiger partial charge in [-0.25, -0.2) is 4.98 Å². The first-order chi connectivity index (χ1) is 16.5. The highest BCUT2D eigenvalue weighted by Gasteiger charge is 2.19. The Morgan fingerprint density at radius 1 is 1.09 bits per heavy atom. The van der Waals surface area contributed by atoms with Gasteiger partial charge in [-0.3, -0.25) is 19.0 Å². The Morgan fingerprint density at radius 2 is 1.88 bits per heavy atom. The Bertz CT molecular complexity index is 1500. The van der Waals surface area contributed by atoms with Crippen LogP contribution in [0.5, 0.6) is 5.75 Å². The third kappa shape index (κ3) is 4.42. The van der Waals surface area contributed by atoms with Crippen molar-refractivity contribution in [2.75, 3.05) is 17.7 Å². The predicted octanol–water partition coefficient (Wildman–Crippen LogP) is 4.40. The predicted molar refractivity (Wildman–Crippen MR) is 132 cm³/mol. The Labute approximate surface area is 203 Å². The molecule has 0 unspecified atom stereocenters. The van der Waals surface area contributed by atoms with Crippen molar-refractivity contribution in [3.8, 4) is 5.75 Å². The number of hydrogen-bond acceptors (Lipinski definition) is 6. The third-order valence-corrected chi connectivity index (χ3v) is 6.72. The van der Waals surface area contributed by atoms with Gasteiger partial charge >= 0.3 is 0 Å². The lowest BCUT2D eigenvalue weighted by Gasteiger charge is -2.18. The number of aromatic nitrogens is 2. The molecular weight excluding hydrogens is 474 g/mol. The molecule has 1 aromatic heterocycles. The first-order valence-electron chi connectivity index (χ1n) is 10.5. The van der Waals surface area contributed by atoms with E-state index in [1.807, 2.05) is 24.3 Å². The van der Waals surface area contributed by atoms with Gasteiger partial charge in [-0.2, -0.15) is 0 Å². The molecule has 1 aliphatic rings. The number of ether oxygens (including phenoxy) is 1. The highest BCUT2D eigenvalue weighted by atomic mass is 35.5. The van der Waals surface area contributed by atoms with E-state index < -0.39 is 0 Å². The molecule has 3 aromatic carbocycles. The molecule has 0 radical (unpaired) electrons. The van der Waals surface area contributed by atoms with Crippen molar-refractivity contribution in [3.63, 3.8) is 0 Å². The Morgan fingerprint density at radius 3 is 2.74 bits per heavy atom. The van der Waals surface area contributed by atoms with Crippen molar-refractivity contribution in [1.29, 1.82) is 0 Å². The molecular formula is C25H18ClN3O4S. The quantitative estimate of drug-likeness (QED) is 0.244. The van der Waals surface area contributed by atoms with Gasteiger partial charge in [0.15, 0.2) is 17.5 Å². The Kier molecular flexibility index (Phi) is 6.08. The fraction of sp³-hybridized carbons (Fsp3) is 0.120. The fourth-order valence-corrected chi connectivity index (χ4v) is 4.75. The van der Waals surface area contributed by atoms with Gasteiger partial charge in [0.2, 0.25) is 0 Å². The molecule has 7 nitrogen and oxygen atoms in total. The number of benzene rings is 3. The zero-order chi connectivity index (χ0) is 23.7. The number of ketones is 1. The average Bonchev–Trinajstić information content (AvgIpc) is 2.85. The summed E-state index contributed by atoms with van der Waals surface area (Å²) in [6.45, 7) is 0.182. The number of nitrogens with one attached hydrogen (secondary N) is 1. The van der Waals surface area contributed by atoms with Crippen molar-refractivity contribution < 1.29 is 14.3 Å². The molecule has 0 atom stereocenters. The number of hydrogen-bond donors (Lipinski definition) is 1. The van der Waals surface area contributed by atoms with Crippen molar-refractivity contribution in [1.82, 2.24) is 9.55 Å². The van der Waals surface area contributed by atoms with Crippen LogP contribution in [0.3, 0.4) is 0 Å². The van der Waals surface area contributed by atoms with E-state index in [2.05, 4.69) is 10.3 Å². The number of amides is 1. The number of fused-ring (bicyclic) bond motifs is 2. The topological polar surface area (TPSA) is 90.3 Å². The van der Waals surface area contributed by atoms with Crippen LogP contribution in [-0.4, -0.2) is 33.6 Å². The molecule has 2 heterocycles. The molecule has 34 heavy (non-hydrogen) atoms. The standard InChI is InChI=1S/C25H18ClN3O4S/c26-18-7-3-1-5-16(18)12-29-24(32)17-6-2-4-8-19(17)28-25(29)34-14-21(30)15-9-10-22-20(11-15)27-23(31)13-33-22/h1-11H,12-14H2,(H,27,31). The van der Waals surface area contributed by atoms with Gasteiger partial charge in [0.1, 0.15) is 5.75 Å². The first-order valence-corrected chi connectivity index (χ1v) is 11.8. The van der Waals surface area contributed by atoms with Crippen molar-refractivity contribution in [2.24, 2.45) is 0 Å². The number of thioether (sulfide) groups is 1. The van der Waals surface area contributed by atoms with Crippen LogP contribution in [-0.2, 0) is 11.3 Å². The summed E-state index contributed by atoms with van der Waals surface area (Å²) in [5.41, 5.74) is 2.03. The SMILES string of the molecule is O=C1COc2ccc(C(=O)CSc3nc4ccccc4c(=O)n3Cc3ccccc3Cl)cc2N1. The number of rotatable bonds is 6. The lowest BCUT2D eigenvalue weighted by molar-refractivity contribution is -0.118. The number of anilines is 1. The van der Waals surface area contributed by atoms with Crippen LogP contribution in [0.15, 0.2) is 76.7 Å². The van der Waals surface area contributed by atoms with Gasteiger partial charge in [0, 0.05) is 10.6 Å². The lowest BCUT2D eigenvalue weighted by atomic mass is 10.1. The first kappa shape index (κ1) is 22.2. The molecule has 170 valence electrons. The molecule has 1 N–H and O–H groups in total. The molecule has 0 spiro atoms. The van der Waals surface area contributed by atoms with Crippen LogP contribution in [0.4, 0.5) is 5.69 Å². The molecule has 9 heteroatoms. The second-order valence-electron chi connectivity index (χ2n) is 7.65. The van der Waals surface area contributed by atoms with Crippen LogP contribution >= 0.6 is 23.4 Å². The maximum absolute atomic E-state index is 13.3. The average molecular weight is 492 g/mol. The van der Waals surface area contributed by atoms with E-state index in [0.29, 0.717) is 38.1 Å². The Hall–Kier alpha value is -3.62. The van der Waals surface area contributed by atoms with E-state index in [4.69, 9.17) is 16.3 Å². The molecule has 4 aromatic rings. The molecule has 0 fully saturated rings. The monoisotopic (exact) mass is 491 g/mol. The van der Waals surface area contributed by atoms with Crippen LogP contribution in [0.2, 0.25) is 5.02 Å². The van der Waals surface area contributed by atoms with Gasteiger partial charge in [-0.1, -0.05) is 53.7 Å². The molecule has 1 amide bonds. The largest absolute Gasteiger partial charge is 0.482 e. The zero-order valence-electron chi connectivity index (χ0n) is 17.8. The summed E-state index contributed by atoms with van der Waals surface area (Å²) in [4.78, 5) is 42.5. The van der Waals surface area contributed by atoms with E-state index in [9.17, 15) is 14.4 Å². The van der Waals surface area contributed by atoms with Gasteiger partial charge < -0.3 is 10.1 Å². The number of carbonyl (C=O) groups excluding carboxylic acids is 2. The van der Waals surface area contributed by atoms with Gasteiger partial charge in [-0.15, -0.1) is 0 Å². The summed E-state index contributed by atoms with van der Waals surface area (Å²) in [6, 6.07) is 19.3. The molecule has 0 aliphatic carbocycles. The van der Waals surface area contributed by atoms with E-state index in [-0.39, 0.29) is 36.2 Å². The van der Waals surface area contributed by atoms with E-state index in [1.54, 1.807) is 47.0 Å². The molecule has 1 aliphatic heterocycles. The van der Waals surface area contributed by atoms with Gasteiger partial charge in [0.05, 0.1) is 28.9 Å². The normalized spacial score (nSPS) is 12.7. The maximum atomic E-state index is 13.3. The summed E-state index contributed by atoms with van der Waals surface area (Å²) in [5, 5.41) is 4.17. The van der Waals surface area contributed by atoms with Gasteiger partial charge in [0.25, 0.3) is 11.5 Å². The summed E-state index contributed by atoms with van der Waals surface area (Å²) in [6.07, 6.45) is 0. The van der Waals surface area contributed by atoms with Crippen LogP contribution in [0, 0.1) is 0 Å². The molecule has 0 saturated heterocycles.